The van der Waals surface area contributed by atoms with E-state index in [2.05, 4.69) is 207 Å². The van der Waals surface area contributed by atoms with Gasteiger partial charge < -0.3 is 9.80 Å². The zero-order valence-corrected chi connectivity index (χ0v) is 34.0. The van der Waals surface area contributed by atoms with E-state index in [0.29, 0.717) is 11.1 Å². The molecule has 0 fully saturated rings. The third-order valence-corrected chi connectivity index (χ3v) is 11.9. The summed E-state index contributed by atoms with van der Waals surface area (Å²) in [5.41, 5.74) is 11.7. The molecule has 0 amide bonds. The highest BCUT2D eigenvalue weighted by atomic mass is 15.1. The maximum Gasteiger partial charge on any atom is 0.101 e. The summed E-state index contributed by atoms with van der Waals surface area (Å²) in [6.45, 7) is 8.45. The molecule has 10 rings (SSSR count). The predicted octanol–water partition coefficient (Wildman–Crippen LogP) is 15.4. The average molecular weight is 769 g/mol. The fraction of sp³-hybridized carbons (Fsp3) is 0.0714. The van der Waals surface area contributed by atoms with E-state index in [1.807, 2.05) is 12.1 Å². The molecule has 284 valence electrons. The van der Waals surface area contributed by atoms with E-state index < -0.39 is 0 Å². The minimum absolute atomic E-state index is 0.358. The van der Waals surface area contributed by atoms with Gasteiger partial charge in [-0.05, 0) is 144 Å². The van der Waals surface area contributed by atoms with Crippen LogP contribution in [0.15, 0.2) is 170 Å². The van der Waals surface area contributed by atoms with Crippen molar-refractivity contribution in [2.45, 2.75) is 27.7 Å². The summed E-state index contributed by atoms with van der Waals surface area (Å²) in [6.07, 6.45) is 0. The van der Waals surface area contributed by atoms with Crippen molar-refractivity contribution in [3.63, 3.8) is 0 Å². The average Bonchev–Trinajstić information content (AvgIpc) is 3.28. The highest BCUT2D eigenvalue weighted by Crippen LogP contribution is 2.50. The number of benzene rings is 10. The molecule has 0 atom stereocenters. The minimum Gasteiger partial charge on any atom is -0.310 e. The number of anilines is 6. The predicted molar refractivity (Wildman–Crippen MR) is 252 cm³/mol. The van der Waals surface area contributed by atoms with E-state index >= 15 is 0 Å². The van der Waals surface area contributed by atoms with Crippen molar-refractivity contribution in [1.29, 1.82) is 10.5 Å². The van der Waals surface area contributed by atoms with Crippen molar-refractivity contribution < 1.29 is 0 Å². The van der Waals surface area contributed by atoms with Crippen LogP contribution in [0.2, 0.25) is 0 Å². The SMILES string of the molecule is Cc1ccc(N(c2ccc(C)cc2)c2cc3c4cc(C#N)c(C#N)cc4c4cc(N(c5ccc(C)cc5)c5ccc(C)cc5)c5ccccc5c4c3c3ccccc23)cc1. The third kappa shape index (κ3) is 5.98. The van der Waals surface area contributed by atoms with Gasteiger partial charge in [0.25, 0.3) is 0 Å². The molecule has 0 radical (unpaired) electrons. The van der Waals surface area contributed by atoms with Crippen molar-refractivity contribution in [3.8, 4) is 12.1 Å². The van der Waals surface area contributed by atoms with Gasteiger partial charge in [-0.1, -0.05) is 119 Å². The van der Waals surface area contributed by atoms with Crippen molar-refractivity contribution in [2.75, 3.05) is 9.80 Å². The molecule has 0 aliphatic carbocycles. The fourth-order valence-corrected chi connectivity index (χ4v) is 8.91. The Morgan fingerprint density at radius 1 is 0.317 bits per heavy atom. The molecule has 0 N–H and O–H groups in total. The van der Waals surface area contributed by atoms with Gasteiger partial charge in [-0.3, -0.25) is 0 Å². The van der Waals surface area contributed by atoms with Gasteiger partial charge in [-0.25, -0.2) is 0 Å². The second-order valence-corrected chi connectivity index (χ2v) is 15.9. The molecule has 0 spiro atoms. The number of fused-ring (bicyclic) bond motifs is 10. The quantitative estimate of drug-likeness (QED) is 0.158. The fourth-order valence-electron chi connectivity index (χ4n) is 8.91. The van der Waals surface area contributed by atoms with Gasteiger partial charge in [0, 0.05) is 33.5 Å². The first-order chi connectivity index (χ1) is 29.3. The van der Waals surface area contributed by atoms with Crippen LogP contribution in [0.4, 0.5) is 34.1 Å². The largest absolute Gasteiger partial charge is 0.310 e. The van der Waals surface area contributed by atoms with Crippen molar-refractivity contribution in [1.82, 2.24) is 0 Å². The summed E-state index contributed by atoms with van der Waals surface area (Å²) in [6, 6.07) is 65.3. The normalized spacial score (nSPS) is 11.3. The molecular weight excluding hydrogens is 729 g/mol. The number of nitriles is 2. The van der Waals surface area contributed by atoms with Crippen LogP contribution in [0, 0.1) is 50.4 Å². The molecule has 0 saturated heterocycles. The Labute approximate surface area is 350 Å². The van der Waals surface area contributed by atoms with Gasteiger partial charge >= 0.3 is 0 Å². The topological polar surface area (TPSA) is 54.1 Å². The molecule has 0 aliphatic heterocycles. The summed E-state index contributed by atoms with van der Waals surface area (Å²) < 4.78 is 0. The molecule has 10 aromatic rings. The molecule has 0 heterocycles. The van der Waals surface area contributed by atoms with Crippen LogP contribution >= 0.6 is 0 Å². The summed E-state index contributed by atoms with van der Waals surface area (Å²) in [5.74, 6) is 0. The standard InChI is InChI=1S/C56H40N4/c1-35-13-21-41(22-14-35)59(42-23-15-36(2)16-24-42)53-31-51-49-29-39(33-57)40(34-58)30-50(49)52-32-54(60(43-25-17-37(3)18-26-43)44-27-19-38(4)20-28-44)46-10-6-8-12-48(46)56(52)55(51)47-11-7-5-9-45(47)53/h5-32H,1-4H3. The van der Waals surface area contributed by atoms with E-state index in [1.54, 1.807) is 0 Å². The summed E-state index contributed by atoms with van der Waals surface area (Å²) in [4.78, 5) is 4.68. The number of hydrogen-bond acceptors (Lipinski definition) is 4. The van der Waals surface area contributed by atoms with E-state index in [0.717, 1.165) is 88.0 Å². The Hall–Kier alpha value is -7.92. The van der Waals surface area contributed by atoms with Gasteiger partial charge in [0.05, 0.1) is 22.5 Å². The van der Waals surface area contributed by atoms with Gasteiger partial charge in [0.15, 0.2) is 0 Å². The van der Waals surface area contributed by atoms with Crippen LogP contribution in [-0.2, 0) is 0 Å². The summed E-state index contributed by atoms with van der Waals surface area (Å²) in [5, 5.41) is 31.5. The van der Waals surface area contributed by atoms with Crippen molar-refractivity contribution in [3.05, 3.63) is 203 Å². The highest BCUT2D eigenvalue weighted by molar-refractivity contribution is 6.39. The molecule has 4 heteroatoms. The lowest BCUT2D eigenvalue weighted by Crippen LogP contribution is -2.11. The number of hydrogen-bond donors (Lipinski definition) is 0. The summed E-state index contributed by atoms with van der Waals surface area (Å²) >= 11 is 0. The molecular formula is C56H40N4. The number of rotatable bonds is 6. The molecule has 0 aliphatic rings. The second kappa shape index (κ2) is 14.5. The van der Waals surface area contributed by atoms with E-state index in [-0.39, 0.29) is 0 Å². The van der Waals surface area contributed by atoms with E-state index in [9.17, 15) is 10.5 Å². The third-order valence-electron chi connectivity index (χ3n) is 11.9. The molecule has 0 unspecified atom stereocenters. The number of aryl methyl sites for hydroxylation is 4. The first-order valence-corrected chi connectivity index (χ1v) is 20.3. The molecule has 0 bridgehead atoms. The lowest BCUT2D eigenvalue weighted by Gasteiger charge is -2.29. The van der Waals surface area contributed by atoms with Crippen LogP contribution < -0.4 is 9.80 Å². The Kier molecular flexibility index (Phi) is 8.79. The Bertz CT molecular complexity index is 3080. The van der Waals surface area contributed by atoms with Gasteiger partial charge in [-0.15, -0.1) is 0 Å². The van der Waals surface area contributed by atoms with Gasteiger partial charge in [0.2, 0.25) is 0 Å². The maximum absolute atomic E-state index is 10.5. The molecule has 4 nitrogen and oxygen atoms in total. The van der Waals surface area contributed by atoms with Crippen LogP contribution in [0.5, 0.6) is 0 Å². The van der Waals surface area contributed by atoms with Crippen LogP contribution in [-0.4, -0.2) is 0 Å². The zero-order valence-electron chi connectivity index (χ0n) is 34.0. The Balaban J connectivity index is 1.40. The summed E-state index contributed by atoms with van der Waals surface area (Å²) in [7, 11) is 0. The minimum atomic E-state index is 0.358. The first-order valence-electron chi connectivity index (χ1n) is 20.3. The molecule has 0 saturated carbocycles. The molecule has 10 aromatic carbocycles. The molecule has 0 aromatic heterocycles. The van der Waals surface area contributed by atoms with Gasteiger partial charge in [-0.2, -0.15) is 10.5 Å². The van der Waals surface area contributed by atoms with Crippen molar-refractivity contribution in [2.24, 2.45) is 0 Å². The smallest absolute Gasteiger partial charge is 0.101 e. The van der Waals surface area contributed by atoms with Gasteiger partial charge in [0.1, 0.15) is 12.1 Å². The molecule has 60 heavy (non-hydrogen) atoms. The highest BCUT2D eigenvalue weighted by Gasteiger charge is 2.24. The van der Waals surface area contributed by atoms with E-state index in [1.165, 1.54) is 22.3 Å². The lowest BCUT2D eigenvalue weighted by molar-refractivity contribution is 1.28. The first kappa shape index (κ1) is 36.4. The van der Waals surface area contributed by atoms with Crippen LogP contribution in [0.3, 0.4) is 0 Å². The second-order valence-electron chi connectivity index (χ2n) is 15.9. The van der Waals surface area contributed by atoms with Crippen molar-refractivity contribution >= 4 is 88.0 Å². The van der Waals surface area contributed by atoms with E-state index in [4.69, 9.17) is 0 Å². The zero-order chi connectivity index (χ0) is 41.1. The van der Waals surface area contributed by atoms with Crippen LogP contribution in [0.1, 0.15) is 33.4 Å². The number of nitrogens with zero attached hydrogens (tertiary/aromatic N) is 4. The lowest BCUT2D eigenvalue weighted by atomic mass is 9.86. The maximum atomic E-state index is 10.5. The Morgan fingerprint density at radius 2 is 0.600 bits per heavy atom. The monoisotopic (exact) mass is 768 g/mol. The Morgan fingerprint density at radius 3 is 0.883 bits per heavy atom. The van der Waals surface area contributed by atoms with Crippen LogP contribution in [0.25, 0.3) is 53.9 Å².